The van der Waals surface area contributed by atoms with Crippen molar-refractivity contribution in [2.75, 3.05) is 6.54 Å². The summed E-state index contributed by atoms with van der Waals surface area (Å²) in [6.07, 6.45) is 1.39. The zero-order valence-electron chi connectivity index (χ0n) is 9.91. The number of benzene rings is 1. The van der Waals surface area contributed by atoms with E-state index in [1.54, 1.807) is 0 Å². The average molecular weight is 239 g/mol. The second-order valence-electron chi connectivity index (χ2n) is 4.91. The van der Waals surface area contributed by atoms with Crippen LogP contribution in [0.15, 0.2) is 30.3 Å². The first kappa shape index (κ1) is 12.5. The van der Waals surface area contributed by atoms with Gasteiger partial charge >= 0.3 is 0 Å². The van der Waals surface area contributed by atoms with E-state index in [-0.39, 0.29) is 6.54 Å². The fraction of sp³-hybridized carbons (Fsp3) is 0.571. The molecule has 0 spiro atoms. The molecule has 0 aromatic heterocycles. The van der Waals surface area contributed by atoms with Gasteiger partial charge in [-0.3, -0.25) is 0 Å². The highest BCUT2D eigenvalue weighted by Crippen LogP contribution is 2.48. The van der Waals surface area contributed by atoms with E-state index in [1.165, 1.54) is 0 Å². The Labute approximate surface area is 101 Å². The first-order valence-corrected chi connectivity index (χ1v) is 6.24. The Balaban J connectivity index is 2.39. The van der Waals surface area contributed by atoms with E-state index in [1.807, 2.05) is 30.3 Å². The molecular weight excluding hydrogens is 220 g/mol. The van der Waals surface area contributed by atoms with Crippen LogP contribution in [0.3, 0.4) is 0 Å². The Kier molecular flexibility index (Phi) is 3.77. The Bertz CT molecular complexity index is 344. The minimum absolute atomic E-state index is 0.0621. The molecule has 0 bridgehead atoms. The van der Waals surface area contributed by atoms with Crippen LogP contribution in [-0.2, 0) is 5.41 Å². The van der Waals surface area contributed by atoms with Gasteiger partial charge in [-0.2, -0.15) is 0 Å². The van der Waals surface area contributed by atoms with Gasteiger partial charge in [0.1, 0.15) is 0 Å². The maximum atomic E-state index is 13.2. The predicted octanol–water partition coefficient (Wildman–Crippen LogP) is 3.34. The van der Waals surface area contributed by atoms with E-state index in [0.29, 0.717) is 0 Å². The molecule has 0 amide bonds. The lowest BCUT2D eigenvalue weighted by molar-refractivity contribution is 0.0336. The molecule has 17 heavy (non-hydrogen) atoms. The van der Waals surface area contributed by atoms with Gasteiger partial charge < -0.3 is 5.73 Å². The van der Waals surface area contributed by atoms with Gasteiger partial charge in [0.2, 0.25) is 6.43 Å². The van der Waals surface area contributed by atoms with Crippen molar-refractivity contribution in [1.82, 2.24) is 0 Å². The van der Waals surface area contributed by atoms with Gasteiger partial charge in [-0.05, 0) is 18.4 Å². The monoisotopic (exact) mass is 239 g/mol. The molecule has 1 aromatic carbocycles. The largest absolute Gasteiger partial charge is 0.330 e. The number of hydrogen-bond acceptors (Lipinski definition) is 1. The second-order valence-corrected chi connectivity index (χ2v) is 4.91. The molecule has 1 atom stereocenters. The topological polar surface area (TPSA) is 26.0 Å². The lowest BCUT2D eigenvalue weighted by Crippen LogP contribution is -2.41. The van der Waals surface area contributed by atoms with Gasteiger partial charge in [0.15, 0.2) is 0 Å². The fourth-order valence-corrected chi connectivity index (χ4v) is 3.22. The van der Waals surface area contributed by atoms with Crippen LogP contribution in [0.5, 0.6) is 0 Å². The average Bonchev–Trinajstić information content (AvgIpc) is 2.81. The molecule has 2 N–H and O–H groups in total. The smallest absolute Gasteiger partial charge is 0.243 e. The number of alkyl halides is 2. The third kappa shape index (κ3) is 2.21. The van der Waals surface area contributed by atoms with E-state index in [9.17, 15) is 8.78 Å². The minimum atomic E-state index is -2.33. The van der Waals surface area contributed by atoms with E-state index in [0.717, 1.165) is 31.2 Å². The Morgan fingerprint density at radius 1 is 1.12 bits per heavy atom. The highest BCUT2D eigenvalue weighted by atomic mass is 19.3. The molecule has 0 aliphatic heterocycles. The third-order valence-electron chi connectivity index (χ3n) is 4.11. The van der Waals surface area contributed by atoms with Crippen LogP contribution in [0.25, 0.3) is 0 Å². The molecule has 0 saturated heterocycles. The Morgan fingerprint density at radius 2 is 1.71 bits per heavy atom. The number of rotatable bonds is 4. The maximum Gasteiger partial charge on any atom is 0.243 e. The summed E-state index contributed by atoms with van der Waals surface area (Å²) in [6.45, 7) is 0.0621. The zero-order chi connectivity index (χ0) is 12.3. The molecule has 1 fully saturated rings. The van der Waals surface area contributed by atoms with Crippen molar-refractivity contribution in [3.63, 3.8) is 0 Å². The Hall–Kier alpha value is -0.960. The van der Waals surface area contributed by atoms with Gasteiger partial charge in [-0.1, -0.05) is 43.2 Å². The summed E-state index contributed by atoms with van der Waals surface area (Å²) in [5, 5.41) is 0. The van der Waals surface area contributed by atoms with Crippen LogP contribution in [-0.4, -0.2) is 13.0 Å². The normalized spacial score (nSPS) is 20.7. The Morgan fingerprint density at radius 3 is 2.18 bits per heavy atom. The molecule has 1 aromatic rings. The molecule has 1 aliphatic carbocycles. The quantitative estimate of drug-likeness (QED) is 0.856. The lowest BCUT2D eigenvalue weighted by Gasteiger charge is -2.37. The minimum Gasteiger partial charge on any atom is -0.330 e. The summed E-state index contributed by atoms with van der Waals surface area (Å²) in [5.41, 5.74) is 6.23. The molecule has 94 valence electrons. The molecule has 1 unspecified atom stereocenters. The first-order valence-electron chi connectivity index (χ1n) is 6.24. The van der Waals surface area contributed by atoms with Gasteiger partial charge in [0, 0.05) is 17.9 Å². The summed E-state index contributed by atoms with van der Waals surface area (Å²) >= 11 is 0. The third-order valence-corrected chi connectivity index (χ3v) is 4.11. The molecule has 2 rings (SSSR count). The lowest BCUT2D eigenvalue weighted by atomic mass is 9.69. The summed E-state index contributed by atoms with van der Waals surface area (Å²) in [7, 11) is 0. The van der Waals surface area contributed by atoms with E-state index in [2.05, 4.69) is 0 Å². The second kappa shape index (κ2) is 5.13. The standard InChI is InChI=1S/C14H19F2N/c15-13(16)12(10-17)14(8-4-5-9-14)11-6-2-1-3-7-11/h1-3,6-7,12-13H,4-5,8-10,17H2. The SMILES string of the molecule is NCC(C(F)F)C1(c2ccccc2)CCCC1. The summed E-state index contributed by atoms with van der Waals surface area (Å²) in [4.78, 5) is 0. The van der Waals surface area contributed by atoms with Crippen molar-refractivity contribution in [3.8, 4) is 0 Å². The van der Waals surface area contributed by atoms with Gasteiger partial charge in [0.25, 0.3) is 0 Å². The molecule has 3 heteroatoms. The van der Waals surface area contributed by atoms with Crippen LogP contribution in [0.2, 0.25) is 0 Å². The summed E-state index contributed by atoms with van der Waals surface area (Å²) in [6, 6.07) is 9.71. The highest BCUT2D eigenvalue weighted by molar-refractivity contribution is 5.28. The molecule has 1 aliphatic rings. The van der Waals surface area contributed by atoms with Gasteiger partial charge in [-0.25, -0.2) is 8.78 Å². The predicted molar refractivity (Wildman–Crippen MR) is 65.1 cm³/mol. The van der Waals surface area contributed by atoms with Crippen LogP contribution >= 0.6 is 0 Å². The maximum absolute atomic E-state index is 13.2. The zero-order valence-corrected chi connectivity index (χ0v) is 9.91. The molecule has 0 radical (unpaired) electrons. The number of halogens is 2. The van der Waals surface area contributed by atoms with Crippen molar-refractivity contribution in [2.24, 2.45) is 11.7 Å². The number of hydrogen-bond donors (Lipinski definition) is 1. The molecule has 0 heterocycles. The molecular formula is C14H19F2N. The van der Waals surface area contributed by atoms with Crippen molar-refractivity contribution >= 4 is 0 Å². The summed E-state index contributed by atoms with van der Waals surface area (Å²) in [5.74, 6) is -0.715. The van der Waals surface area contributed by atoms with Crippen molar-refractivity contribution < 1.29 is 8.78 Å². The van der Waals surface area contributed by atoms with Crippen LogP contribution in [0.4, 0.5) is 8.78 Å². The fourth-order valence-electron chi connectivity index (χ4n) is 3.22. The van der Waals surface area contributed by atoms with Gasteiger partial charge in [-0.15, -0.1) is 0 Å². The first-order chi connectivity index (χ1) is 8.20. The molecule has 1 nitrogen and oxygen atoms in total. The van der Waals surface area contributed by atoms with Crippen molar-refractivity contribution in [3.05, 3.63) is 35.9 Å². The summed E-state index contributed by atoms with van der Waals surface area (Å²) < 4.78 is 26.4. The van der Waals surface area contributed by atoms with Crippen LogP contribution < -0.4 is 5.73 Å². The molecule has 1 saturated carbocycles. The van der Waals surface area contributed by atoms with E-state index < -0.39 is 17.8 Å². The van der Waals surface area contributed by atoms with E-state index in [4.69, 9.17) is 5.73 Å². The van der Waals surface area contributed by atoms with Crippen molar-refractivity contribution in [1.29, 1.82) is 0 Å². The van der Waals surface area contributed by atoms with Crippen LogP contribution in [0, 0.1) is 5.92 Å². The van der Waals surface area contributed by atoms with Gasteiger partial charge in [0.05, 0.1) is 0 Å². The number of nitrogens with two attached hydrogens (primary N) is 1. The van der Waals surface area contributed by atoms with Crippen LogP contribution in [0.1, 0.15) is 31.2 Å². The highest BCUT2D eigenvalue weighted by Gasteiger charge is 2.45. The van der Waals surface area contributed by atoms with E-state index >= 15 is 0 Å². The van der Waals surface area contributed by atoms with Crippen molar-refractivity contribution in [2.45, 2.75) is 37.5 Å².